The highest BCUT2D eigenvalue weighted by atomic mass is 16.3. The molecule has 0 aliphatic heterocycles. The molecule has 0 bridgehead atoms. The largest absolute Gasteiger partial charge is 0.391 e. The Morgan fingerprint density at radius 2 is 1.84 bits per heavy atom. The van der Waals surface area contributed by atoms with E-state index < -0.39 is 6.10 Å². The number of fused-ring (bicyclic) bond motifs is 1. The van der Waals surface area contributed by atoms with E-state index >= 15 is 0 Å². The monoisotopic (exact) mass is 426 g/mol. The first-order valence-corrected chi connectivity index (χ1v) is 11.9. The second-order valence-electron chi connectivity index (χ2n) is 9.92. The Morgan fingerprint density at radius 1 is 1.13 bits per heavy atom. The lowest BCUT2D eigenvalue weighted by atomic mass is 9.79. The van der Waals surface area contributed by atoms with Crippen LogP contribution < -0.4 is 11.1 Å². The van der Waals surface area contributed by atoms with Gasteiger partial charge in [0.15, 0.2) is 0 Å². The SMILES string of the molecule is CCCCNC(=O)[C@H](C)C[C@H](O)[C@@H](N)CC(C)(C)CCCc1ccc2ccccc2c1. The maximum absolute atomic E-state index is 12.2. The molecular formula is C27H42N2O2. The number of benzene rings is 2. The van der Waals surface area contributed by atoms with Gasteiger partial charge in [0.25, 0.3) is 0 Å². The van der Waals surface area contributed by atoms with E-state index in [-0.39, 0.29) is 23.3 Å². The summed E-state index contributed by atoms with van der Waals surface area (Å²) in [6, 6.07) is 14.8. The third-order valence-corrected chi connectivity index (χ3v) is 6.29. The van der Waals surface area contributed by atoms with E-state index in [0.29, 0.717) is 13.0 Å². The van der Waals surface area contributed by atoms with Crippen molar-refractivity contribution in [3.8, 4) is 0 Å². The van der Waals surface area contributed by atoms with Crippen LogP contribution in [0.2, 0.25) is 0 Å². The summed E-state index contributed by atoms with van der Waals surface area (Å²) in [5, 5.41) is 16.1. The summed E-state index contributed by atoms with van der Waals surface area (Å²) in [5.41, 5.74) is 7.75. The van der Waals surface area contributed by atoms with E-state index in [0.717, 1.165) is 38.5 Å². The molecule has 0 aliphatic rings. The van der Waals surface area contributed by atoms with E-state index in [9.17, 15) is 9.90 Å². The normalized spacial score (nSPS) is 14.9. The van der Waals surface area contributed by atoms with Gasteiger partial charge >= 0.3 is 0 Å². The number of aliphatic hydroxyl groups is 1. The Hall–Kier alpha value is -1.91. The van der Waals surface area contributed by atoms with Gasteiger partial charge in [-0.05, 0) is 60.3 Å². The fourth-order valence-electron chi connectivity index (χ4n) is 4.25. The second kappa shape index (κ2) is 12.2. The topological polar surface area (TPSA) is 75.3 Å². The van der Waals surface area contributed by atoms with Gasteiger partial charge in [-0.25, -0.2) is 0 Å². The Kier molecular flexibility index (Phi) is 9.98. The maximum atomic E-state index is 12.2. The smallest absolute Gasteiger partial charge is 0.222 e. The third kappa shape index (κ3) is 8.62. The number of aryl methyl sites for hydroxylation is 1. The van der Waals surface area contributed by atoms with Crippen molar-refractivity contribution in [3.63, 3.8) is 0 Å². The van der Waals surface area contributed by atoms with Crippen LogP contribution in [0.1, 0.15) is 71.8 Å². The van der Waals surface area contributed by atoms with Crippen molar-refractivity contribution in [3.05, 3.63) is 48.0 Å². The highest BCUT2D eigenvalue weighted by molar-refractivity contribution is 5.83. The number of unbranched alkanes of at least 4 members (excludes halogenated alkanes) is 1. The molecule has 0 radical (unpaired) electrons. The minimum Gasteiger partial charge on any atom is -0.391 e. The Morgan fingerprint density at radius 3 is 2.55 bits per heavy atom. The zero-order valence-electron chi connectivity index (χ0n) is 19.9. The maximum Gasteiger partial charge on any atom is 0.222 e. The lowest BCUT2D eigenvalue weighted by Crippen LogP contribution is -2.41. The predicted octanol–water partition coefficient (Wildman–Crippen LogP) is 5.21. The quantitative estimate of drug-likeness (QED) is 0.385. The van der Waals surface area contributed by atoms with Crippen LogP contribution >= 0.6 is 0 Å². The molecule has 2 aromatic rings. The fourth-order valence-corrected chi connectivity index (χ4v) is 4.25. The van der Waals surface area contributed by atoms with E-state index in [4.69, 9.17) is 5.73 Å². The first-order valence-electron chi connectivity index (χ1n) is 11.9. The van der Waals surface area contributed by atoms with Gasteiger partial charge in [-0.2, -0.15) is 0 Å². The van der Waals surface area contributed by atoms with Gasteiger partial charge in [-0.15, -0.1) is 0 Å². The molecule has 172 valence electrons. The molecule has 0 spiro atoms. The first-order chi connectivity index (χ1) is 14.7. The molecule has 0 aromatic heterocycles. The molecule has 2 rings (SSSR count). The molecule has 0 aliphatic carbocycles. The van der Waals surface area contributed by atoms with Crippen molar-refractivity contribution < 1.29 is 9.90 Å². The van der Waals surface area contributed by atoms with Crippen molar-refractivity contribution >= 4 is 16.7 Å². The Balaban J connectivity index is 1.77. The predicted molar refractivity (Wildman–Crippen MR) is 131 cm³/mol. The number of hydrogen-bond acceptors (Lipinski definition) is 3. The second-order valence-corrected chi connectivity index (χ2v) is 9.92. The van der Waals surface area contributed by atoms with Crippen LogP contribution in [-0.4, -0.2) is 29.7 Å². The molecule has 0 fully saturated rings. The summed E-state index contributed by atoms with van der Waals surface area (Å²) in [6.07, 6.45) is 5.71. The van der Waals surface area contributed by atoms with Gasteiger partial charge in [0.05, 0.1) is 6.10 Å². The number of amides is 1. The van der Waals surface area contributed by atoms with Crippen molar-refractivity contribution in [2.75, 3.05) is 6.54 Å². The summed E-state index contributed by atoms with van der Waals surface area (Å²) in [6.45, 7) is 9.11. The van der Waals surface area contributed by atoms with Crippen LogP contribution in [0, 0.1) is 11.3 Å². The number of nitrogens with two attached hydrogens (primary N) is 1. The van der Waals surface area contributed by atoms with Crippen LogP contribution in [0.5, 0.6) is 0 Å². The Labute approximate surface area is 188 Å². The first kappa shape index (κ1) is 25.4. The molecular weight excluding hydrogens is 384 g/mol. The summed E-state index contributed by atoms with van der Waals surface area (Å²) in [7, 11) is 0. The molecule has 0 saturated heterocycles. The molecule has 31 heavy (non-hydrogen) atoms. The number of carbonyl (C=O) groups is 1. The lowest BCUT2D eigenvalue weighted by Gasteiger charge is -2.31. The van der Waals surface area contributed by atoms with Crippen molar-refractivity contribution in [1.29, 1.82) is 0 Å². The third-order valence-electron chi connectivity index (χ3n) is 6.29. The van der Waals surface area contributed by atoms with Gasteiger partial charge in [0.1, 0.15) is 0 Å². The highest BCUT2D eigenvalue weighted by Gasteiger charge is 2.27. The molecule has 3 atom stereocenters. The van der Waals surface area contributed by atoms with E-state index in [1.807, 2.05) is 6.92 Å². The van der Waals surface area contributed by atoms with Gasteiger partial charge < -0.3 is 16.2 Å². The molecule has 1 amide bonds. The zero-order valence-corrected chi connectivity index (χ0v) is 19.9. The molecule has 4 heteroatoms. The van der Waals surface area contributed by atoms with E-state index in [2.05, 4.69) is 68.6 Å². The molecule has 0 heterocycles. The number of rotatable bonds is 13. The highest BCUT2D eigenvalue weighted by Crippen LogP contribution is 2.30. The van der Waals surface area contributed by atoms with E-state index in [1.165, 1.54) is 16.3 Å². The summed E-state index contributed by atoms with van der Waals surface area (Å²) in [5.74, 6) is -0.219. The number of aliphatic hydroxyl groups excluding tert-OH is 1. The number of hydrogen-bond donors (Lipinski definition) is 3. The summed E-state index contributed by atoms with van der Waals surface area (Å²) in [4.78, 5) is 12.2. The van der Waals surface area contributed by atoms with Crippen molar-refractivity contribution in [1.82, 2.24) is 5.32 Å². The molecule has 4 N–H and O–H groups in total. The van der Waals surface area contributed by atoms with Gasteiger partial charge in [0.2, 0.25) is 5.91 Å². The number of carbonyl (C=O) groups excluding carboxylic acids is 1. The molecule has 2 aromatic carbocycles. The standard InChI is InChI=1S/C27H42N2O2/c1-5-6-16-29-26(31)20(2)17-25(30)24(28)19-27(3,4)15-9-10-21-13-14-22-11-7-8-12-23(22)18-21/h7-8,11-14,18,20,24-25,30H,5-6,9-10,15-17,19,28H2,1-4H3,(H,29,31)/t20-,24+,25+/m1/s1. The summed E-state index contributed by atoms with van der Waals surface area (Å²) >= 11 is 0. The average Bonchev–Trinajstić information content (AvgIpc) is 2.73. The van der Waals surface area contributed by atoms with E-state index in [1.54, 1.807) is 0 Å². The van der Waals surface area contributed by atoms with Crippen molar-refractivity contribution in [2.45, 2.75) is 84.8 Å². The van der Waals surface area contributed by atoms with Crippen molar-refractivity contribution in [2.24, 2.45) is 17.1 Å². The van der Waals surface area contributed by atoms with Gasteiger partial charge in [0, 0.05) is 18.5 Å². The average molecular weight is 427 g/mol. The molecule has 4 nitrogen and oxygen atoms in total. The Bertz CT molecular complexity index is 818. The number of nitrogens with one attached hydrogen (secondary N) is 1. The fraction of sp³-hybridized carbons (Fsp3) is 0.593. The van der Waals surface area contributed by atoms with Crippen LogP contribution in [-0.2, 0) is 11.2 Å². The van der Waals surface area contributed by atoms with Crippen LogP contribution in [0.25, 0.3) is 10.8 Å². The van der Waals surface area contributed by atoms with Gasteiger partial charge in [-0.3, -0.25) is 4.79 Å². The summed E-state index contributed by atoms with van der Waals surface area (Å²) < 4.78 is 0. The minimum atomic E-state index is -0.660. The molecule has 0 unspecified atom stereocenters. The van der Waals surface area contributed by atoms with Crippen LogP contribution in [0.3, 0.4) is 0 Å². The van der Waals surface area contributed by atoms with Crippen LogP contribution in [0.15, 0.2) is 42.5 Å². The minimum absolute atomic E-state index is 0.00865. The lowest BCUT2D eigenvalue weighted by molar-refractivity contribution is -0.125. The zero-order chi connectivity index (χ0) is 22.9. The van der Waals surface area contributed by atoms with Crippen LogP contribution in [0.4, 0.5) is 0 Å². The molecule has 0 saturated carbocycles. The van der Waals surface area contributed by atoms with Gasteiger partial charge in [-0.1, -0.05) is 76.6 Å².